The van der Waals surface area contributed by atoms with Crippen molar-refractivity contribution >= 4 is 0 Å². The van der Waals surface area contributed by atoms with Gasteiger partial charge in [-0.3, -0.25) is 0 Å². The molecule has 1 aromatic rings. The van der Waals surface area contributed by atoms with Gasteiger partial charge in [-0.2, -0.15) is 0 Å². The molecule has 1 fully saturated rings. The third-order valence-electron chi connectivity index (χ3n) is 3.22. The van der Waals surface area contributed by atoms with Crippen molar-refractivity contribution in [3.8, 4) is 0 Å². The van der Waals surface area contributed by atoms with Crippen LogP contribution in [0.2, 0.25) is 0 Å². The first-order valence-electron chi connectivity index (χ1n) is 6.09. The van der Waals surface area contributed by atoms with Gasteiger partial charge >= 0.3 is 0 Å². The van der Waals surface area contributed by atoms with Gasteiger partial charge in [0.2, 0.25) is 0 Å². The second kappa shape index (κ2) is 6.09. The summed E-state index contributed by atoms with van der Waals surface area (Å²) in [5.74, 6) is 0. The molecule has 1 aliphatic rings. The maximum atomic E-state index is 8.78. The molecule has 0 aromatic carbocycles. The lowest BCUT2D eigenvalue weighted by Crippen LogP contribution is -2.36. The Bertz CT molecular complexity index is 342. The summed E-state index contributed by atoms with van der Waals surface area (Å²) in [6.45, 7) is 1.29. The summed E-state index contributed by atoms with van der Waals surface area (Å²) in [5, 5.41) is 20.2. The summed E-state index contributed by atoms with van der Waals surface area (Å²) in [4.78, 5) is 0. The Kier molecular flexibility index (Phi) is 4.47. The van der Waals surface area contributed by atoms with E-state index in [1.165, 1.54) is 6.42 Å². The Labute approximate surface area is 101 Å². The number of ether oxygens (including phenoxy) is 1. The topological polar surface area (TPSA) is 72.2 Å². The van der Waals surface area contributed by atoms with Crippen molar-refractivity contribution < 1.29 is 9.84 Å². The van der Waals surface area contributed by atoms with Crippen LogP contribution in [0, 0.1) is 0 Å². The highest BCUT2D eigenvalue weighted by Gasteiger charge is 2.26. The smallest absolute Gasteiger partial charge is 0.0964 e. The minimum atomic E-state index is 0.0879. The Hall–Kier alpha value is -0.980. The molecule has 2 atom stereocenters. The highest BCUT2D eigenvalue weighted by atomic mass is 16.5. The molecule has 0 radical (unpaired) electrons. The van der Waals surface area contributed by atoms with E-state index in [0.29, 0.717) is 25.2 Å². The zero-order valence-corrected chi connectivity index (χ0v) is 10.2. The number of hydrogen-bond acceptors (Lipinski definition) is 5. The van der Waals surface area contributed by atoms with Gasteiger partial charge in [0, 0.05) is 25.9 Å². The molecular formula is C11H20N4O2. The van der Waals surface area contributed by atoms with E-state index in [2.05, 4.69) is 15.6 Å². The van der Waals surface area contributed by atoms with Crippen molar-refractivity contribution in [1.82, 2.24) is 20.3 Å². The Morgan fingerprint density at radius 3 is 3.24 bits per heavy atom. The molecule has 2 rings (SSSR count). The van der Waals surface area contributed by atoms with Gasteiger partial charge in [0.05, 0.1) is 24.9 Å². The summed E-state index contributed by atoms with van der Waals surface area (Å²) >= 11 is 0. The monoisotopic (exact) mass is 240 g/mol. The first-order valence-corrected chi connectivity index (χ1v) is 6.09. The van der Waals surface area contributed by atoms with Gasteiger partial charge in [0.1, 0.15) is 0 Å². The van der Waals surface area contributed by atoms with E-state index in [4.69, 9.17) is 9.84 Å². The van der Waals surface area contributed by atoms with Crippen LogP contribution >= 0.6 is 0 Å². The number of nitrogens with one attached hydrogen (secondary N) is 1. The second-order valence-electron chi connectivity index (χ2n) is 4.39. The molecule has 1 heterocycles. The third kappa shape index (κ3) is 3.24. The molecule has 6 heteroatoms. The maximum absolute atomic E-state index is 8.78. The molecule has 0 amide bonds. The standard InChI is InChI=1S/C11H20N4O2/c1-17-11-4-2-3-10(11)12-7-9-8-15(5-6-16)14-13-9/h8,10-12,16H,2-7H2,1H3. The van der Waals surface area contributed by atoms with E-state index in [-0.39, 0.29) is 6.61 Å². The predicted octanol–water partition coefficient (Wildman–Crippen LogP) is -0.0725. The van der Waals surface area contributed by atoms with Gasteiger partial charge in [-0.15, -0.1) is 5.10 Å². The molecule has 0 spiro atoms. The summed E-state index contributed by atoms with van der Waals surface area (Å²) in [6, 6.07) is 0.419. The van der Waals surface area contributed by atoms with Gasteiger partial charge in [-0.05, 0) is 19.3 Å². The van der Waals surface area contributed by atoms with Crippen LogP contribution in [-0.2, 0) is 17.8 Å². The maximum Gasteiger partial charge on any atom is 0.0964 e. The molecule has 17 heavy (non-hydrogen) atoms. The quantitative estimate of drug-likeness (QED) is 0.728. The molecule has 1 saturated carbocycles. The zero-order valence-electron chi connectivity index (χ0n) is 10.2. The normalized spacial score (nSPS) is 24.4. The van der Waals surface area contributed by atoms with E-state index in [9.17, 15) is 0 Å². The predicted molar refractivity (Wildman–Crippen MR) is 62.4 cm³/mol. The second-order valence-corrected chi connectivity index (χ2v) is 4.39. The van der Waals surface area contributed by atoms with Gasteiger partial charge in [0.25, 0.3) is 0 Å². The van der Waals surface area contributed by atoms with Gasteiger partial charge in [-0.1, -0.05) is 5.21 Å². The van der Waals surface area contributed by atoms with Gasteiger partial charge in [-0.25, -0.2) is 4.68 Å². The Morgan fingerprint density at radius 1 is 1.59 bits per heavy atom. The number of aliphatic hydroxyl groups is 1. The fourth-order valence-electron chi connectivity index (χ4n) is 2.31. The van der Waals surface area contributed by atoms with Crippen LogP contribution in [0.25, 0.3) is 0 Å². The lowest BCUT2D eigenvalue weighted by molar-refractivity contribution is 0.0846. The number of aliphatic hydroxyl groups excluding tert-OH is 1. The minimum absolute atomic E-state index is 0.0879. The molecule has 0 saturated heterocycles. The van der Waals surface area contributed by atoms with Crippen molar-refractivity contribution in [2.24, 2.45) is 0 Å². The molecule has 2 N–H and O–H groups in total. The van der Waals surface area contributed by atoms with E-state index in [1.807, 2.05) is 6.20 Å². The van der Waals surface area contributed by atoms with Gasteiger partial charge < -0.3 is 15.2 Å². The lowest BCUT2D eigenvalue weighted by Gasteiger charge is -2.18. The lowest BCUT2D eigenvalue weighted by atomic mass is 10.2. The van der Waals surface area contributed by atoms with Crippen LogP contribution in [0.15, 0.2) is 6.20 Å². The van der Waals surface area contributed by atoms with Gasteiger partial charge in [0.15, 0.2) is 0 Å². The zero-order chi connectivity index (χ0) is 12.1. The summed E-state index contributed by atoms with van der Waals surface area (Å²) in [6.07, 6.45) is 5.68. The fraction of sp³-hybridized carbons (Fsp3) is 0.818. The number of nitrogens with zero attached hydrogens (tertiary/aromatic N) is 3. The van der Waals surface area contributed by atoms with Crippen molar-refractivity contribution in [1.29, 1.82) is 0 Å². The minimum Gasteiger partial charge on any atom is -0.394 e. The molecule has 0 bridgehead atoms. The fourth-order valence-corrected chi connectivity index (χ4v) is 2.31. The molecular weight excluding hydrogens is 220 g/mol. The highest BCUT2D eigenvalue weighted by Crippen LogP contribution is 2.21. The van der Waals surface area contributed by atoms with Crippen molar-refractivity contribution in [3.63, 3.8) is 0 Å². The third-order valence-corrected chi connectivity index (χ3v) is 3.22. The van der Waals surface area contributed by atoms with Crippen LogP contribution in [0.4, 0.5) is 0 Å². The van der Waals surface area contributed by atoms with E-state index in [1.54, 1.807) is 11.8 Å². The van der Waals surface area contributed by atoms with Crippen molar-refractivity contribution in [3.05, 3.63) is 11.9 Å². The molecule has 6 nitrogen and oxygen atoms in total. The van der Waals surface area contributed by atoms with Crippen LogP contribution in [0.1, 0.15) is 25.0 Å². The average Bonchev–Trinajstić information content (AvgIpc) is 2.95. The number of rotatable bonds is 6. The van der Waals surface area contributed by atoms with E-state index >= 15 is 0 Å². The van der Waals surface area contributed by atoms with E-state index in [0.717, 1.165) is 18.5 Å². The molecule has 2 unspecified atom stereocenters. The summed E-state index contributed by atoms with van der Waals surface area (Å²) < 4.78 is 7.07. The van der Waals surface area contributed by atoms with Crippen LogP contribution < -0.4 is 5.32 Å². The molecule has 0 aliphatic heterocycles. The van der Waals surface area contributed by atoms with Crippen LogP contribution in [0.5, 0.6) is 0 Å². The van der Waals surface area contributed by atoms with Crippen molar-refractivity contribution in [2.45, 2.75) is 44.5 Å². The number of aromatic nitrogens is 3. The Morgan fingerprint density at radius 2 is 2.47 bits per heavy atom. The summed E-state index contributed by atoms with van der Waals surface area (Å²) in [5.41, 5.74) is 0.903. The first-order chi connectivity index (χ1) is 8.33. The largest absolute Gasteiger partial charge is 0.394 e. The number of hydrogen-bond donors (Lipinski definition) is 2. The van der Waals surface area contributed by atoms with Crippen molar-refractivity contribution in [2.75, 3.05) is 13.7 Å². The van der Waals surface area contributed by atoms with E-state index < -0.39 is 0 Å². The highest BCUT2D eigenvalue weighted by molar-refractivity contribution is 4.94. The number of methoxy groups -OCH3 is 1. The van der Waals surface area contributed by atoms with Crippen LogP contribution in [0.3, 0.4) is 0 Å². The van der Waals surface area contributed by atoms with Crippen LogP contribution in [-0.4, -0.2) is 46.0 Å². The first kappa shape index (κ1) is 12.5. The SMILES string of the molecule is COC1CCCC1NCc1cn(CCO)nn1. The molecule has 96 valence electrons. The Balaban J connectivity index is 1.80. The summed E-state index contributed by atoms with van der Waals surface area (Å²) in [7, 11) is 1.77. The molecule has 1 aromatic heterocycles. The molecule has 1 aliphatic carbocycles. The average molecular weight is 240 g/mol.